The largest absolute Gasteiger partial charge is 0.348 e. The molecule has 0 aliphatic heterocycles. The molecular weight excluding hydrogens is 383 g/mol. The Hall–Kier alpha value is -3.20. The maximum absolute atomic E-state index is 14.4. The van der Waals surface area contributed by atoms with Crippen molar-refractivity contribution >= 4 is 28.2 Å². The molecule has 1 heterocycles. The van der Waals surface area contributed by atoms with E-state index >= 15 is 0 Å². The highest BCUT2D eigenvalue weighted by molar-refractivity contribution is 7.74. The third-order valence-corrected chi connectivity index (χ3v) is 4.86. The van der Waals surface area contributed by atoms with Gasteiger partial charge in [0, 0.05) is 30.9 Å². The van der Waals surface area contributed by atoms with E-state index in [0.717, 1.165) is 21.5 Å². The number of hydrogen-bond acceptors (Lipinski definition) is 4. The monoisotopic (exact) mass is 402 g/mol. The summed E-state index contributed by atoms with van der Waals surface area (Å²) in [6.07, 6.45) is 3.38. The van der Waals surface area contributed by atoms with Crippen molar-refractivity contribution in [2.45, 2.75) is 13.5 Å². The first-order valence-corrected chi connectivity index (χ1v) is 9.54. The van der Waals surface area contributed by atoms with Crippen LogP contribution in [0.25, 0.3) is 0 Å². The topological polar surface area (TPSA) is 84.3 Å². The molecule has 0 saturated carbocycles. The zero-order chi connectivity index (χ0) is 20.3. The van der Waals surface area contributed by atoms with Gasteiger partial charge in [-0.15, -0.1) is 0 Å². The second-order valence-corrected chi connectivity index (χ2v) is 7.13. The maximum Gasteiger partial charge on any atom is 0.251 e. The van der Waals surface area contributed by atoms with Gasteiger partial charge in [0.05, 0.1) is 17.6 Å². The van der Waals surface area contributed by atoms with Crippen LogP contribution in [0.1, 0.15) is 21.5 Å². The summed E-state index contributed by atoms with van der Waals surface area (Å²) in [5.41, 5.74) is 1.97. The molecule has 1 aromatic heterocycles. The van der Waals surface area contributed by atoms with Crippen molar-refractivity contribution < 1.29 is 17.6 Å². The molecule has 1 amide bonds. The molecule has 0 saturated heterocycles. The summed E-state index contributed by atoms with van der Waals surface area (Å²) >= 11 is 0. The molecule has 28 heavy (non-hydrogen) atoms. The molecule has 146 valence electrons. The predicted octanol–water partition coefficient (Wildman–Crippen LogP) is 2.46. The second kappa shape index (κ2) is 8.22. The number of benzene rings is 2. The lowest BCUT2D eigenvalue weighted by molar-refractivity contribution is 0.0951. The molecule has 7 nitrogen and oxygen atoms in total. The summed E-state index contributed by atoms with van der Waals surface area (Å²) in [7, 11) is -1.40. The molecular formula is C19H19FN4O3S. The van der Waals surface area contributed by atoms with Crippen LogP contribution >= 0.6 is 0 Å². The van der Waals surface area contributed by atoms with Gasteiger partial charge in [0.1, 0.15) is 5.82 Å². The Morgan fingerprint density at radius 2 is 1.93 bits per heavy atom. The number of carbonyl (C=O) groups excluding carboxylic acids is 1. The minimum Gasteiger partial charge on any atom is -0.348 e. The average Bonchev–Trinajstić information content (AvgIpc) is 3.08. The predicted molar refractivity (Wildman–Crippen MR) is 104 cm³/mol. The summed E-state index contributed by atoms with van der Waals surface area (Å²) in [6, 6.07) is 10.2. The highest BCUT2D eigenvalue weighted by Crippen LogP contribution is 2.29. The normalized spacial score (nSPS) is 10.9. The van der Waals surface area contributed by atoms with Gasteiger partial charge in [0.2, 0.25) is 10.9 Å². The quantitative estimate of drug-likeness (QED) is 0.621. The fourth-order valence-electron chi connectivity index (χ4n) is 2.67. The molecule has 0 radical (unpaired) electrons. The number of amides is 1. The first-order chi connectivity index (χ1) is 13.3. The number of nitrogens with one attached hydrogen (secondary N) is 1. The Kier molecular flexibility index (Phi) is 5.74. The number of aromatic nitrogens is 2. The molecule has 9 heteroatoms. The van der Waals surface area contributed by atoms with Crippen molar-refractivity contribution in [3.63, 3.8) is 0 Å². The van der Waals surface area contributed by atoms with Crippen LogP contribution in [0.15, 0.2) is 54.9 Å². The summed E-state index contributed by atoms with van der Waals surface area (Å²) < 4.78 is 40.5. The molecule has 0 unspecified atom stereocenters. The molecule has 0 aliphatic rings. The van der Waals surface area contributed by atoms with Crippen LogP contribution in [0.2, 0.25) is 0 Å². The number of anilines is 2. The molecule has 0 aliphatic carbocycles. The Balaban J connectivity index is 1.88. The van der Waals surface area contributed by atoms with Crippen LogP contribution in [-0.4, -0.2) is 24.1 Å². The van der Waals surface area contributed by atoms with Gasteiger partial charge in [-0.25, -0.2) is 17.1 Å². The molecule has 0 bridgehead atoms. The van der Waals surface area contributed by atoms with Crippen molar-refractivity contribution in [1.82, 2.24) is 15.1 Å². The zero-order valence-electron chi connectivity index (χ0n) is 15.3. The number of halogens is 1. The van der Waals surface area contributed by atoms with Gasteiger partial charge in [-0.1, -0.05) is 17.7 Å². The average molecular weight is 402 g/mol. The van der Waals surface area contributed by atoms with Crippen molar-refractivity contribution in [2.24, 2.45) is 7.05 Å². The van der Waals surface area contributed by atoms with E-state index < -0.39 is 22.6 Å². The van der Waals surface area contributed by atoms with Crippen LogP contribution in [-0.2, 0) is 24.5 Å². The van der Waals surface area contributed by atoms with E-state index in [4.69, 9.17) is 0 Å². The Morgan fingerprint density at radius 1 is 1.21 bits per heavy atom. The molecule has 1 N–H and O–H groups in total. The van der Waals surface area contributed by atoms with Gasteiger partial charge >= 0.3 is 0 Å². The van der Waals surface area contributed by atoms with Crippen LogP contribution in [0.3, 0.4) is 0 Å². The number of aryl methyl sites for hydroxylation is 2. The molecule has 2 aromatic carbocycles. The summed E-state index contributed by atoms with van der Waals surface area (Å²) in [5.74, 6) is -1.20. The van der Waals surface area contributed by atoms with E-state index in [0.29, 0.717) is 0 Å². The van der Waals surface area contributed by atoms with E-state index in [2.05, 4.69) is 10.4 Å². The standard InChI is InChI=1S/C19H19FN4O3S/c1-13-3-6-16(7-4-13)24(28(26)27)18-9-15(5-8-17(18)20)19(25)21-10-14-11-22-23(2)12-14/h3-9,11-12,28H,10H2,1-2H3,(H,21,25). The van der Waals surface area contributed by atoms with Crippen molar-refractivity contribution in [3.05, 3.63) is 77.4 Å². The number of thiol groups is 1. The second-order valence-electron chi connectivity index (χ2n) is 6.26. The summed E-state index contributed by atoms with van der Waals surface area (Å²) in [6.45, 7) is 2.11. The van der Waals surface area contributed by atoms with Gasteiger partial charge in [-0.3, -0.25) is 9.48 Å². The third kappa shape index (κ3) is 4.37. The SMILES string of the molecule is Cc1ccc(N(c2cc(C(=O)NCc3cnn(C)c3)ccc2F)[SH](=O)=O)cc1. The van der Waals surface area contributed by atoms with Gasteiger partial charge in [0.25, 0.3) is 5.91 Å². The lowest BCUT2D eigenvalue weighted by Gasteiger charge is -2.19. The minimum atomic E-state index is -3.16. The molecule has 0 fully saturated rings. The van der Waals surface area contributed by atoms with Crippen LogP contribution in [0, 0.1) is 12.7 Å². The van der Waals surface area contributed by atoms with Crippen molar-refractivity contribution in [3.8, 4) is 0 Å². The first-order valence-electron chi connectivity index (χ1n) is 8.41. The smallest absolute Gasteiger partial charge is 0.251 e. The van der Waals surface area contributed by atoms with Gasteiger partial charge in [-0.2, -0.15) is 5.10 Å². The number of rotatable bonds is 6. The number of hydrogen-bond donors (Lipinski definition) is 2. The van der Waals surface area contributed by atoms with Gasteiger partial charge in [0.15, 0.2) is 0 Å². The van der Waals surface area contributed by atoms with E-state index in [-0.39, 0.29) is 23.5 Å². The molecule has 3 aromatic rings. The molecule has 0 atom stereocenters. The Morgan fingerprint density at radius 3 is 2.54 bits per heavy atom. The number of nitrogens with zero attached hydrogens (tertiary/aromatic N) is 3. The summed E-state index contributed by atoms with van der Waals surface area (Å²) in [5, 5.41) is 6.72. The van der Waals surface area contributed by atoms with Crippen molar-refractivity contribution in [2.75, 3.05) is 4.31 Å². The van der Waals surface area contributed by atoms with Crippen LogP contribution in [0.4, 0.5) is 15.8 Å². The lowest BCUT2D eigenvalue weighted by atomic mass is 10.1. The van der Waals surface area contributed by atoms with Crippen LogP contribution in [0.5, 0.6) is 0 Å². The molecule has 3 rings (SSSR count). The van der Waals surface area contributed by atoms with Gasteiger partial charge in [-0.05, 0) is 37.3 Å². The zero-order valence-corrected chi connectivity index (χ0v) is 16.2. The van der Waals surface area contributed by atoms with E-state index in [1.807, 2.05) is 6.92 Å². The highest BCUT2D eigenvalue weighted by Gasteiger charge is 2.19. The summed E-state index contributed by atoms with van der Waals surface area (Å²) in [4.78, 5) is 12.4. The highest BCUT2D eigenvalue weighted by atomic mass is 32.2. The van der Waals surface area contributed by atoms with E-state index in [1.54, 1.807) is 48.4 Å². The fraction of sp³-hybridized carbons (Fsp3) is 0.158. The molecule has 0 spiro atoms. The van der Waals surface area contributed by atoms with Gasteiger partial charge < -0.3 is 5.32 Å². The van der Waals surface area contributed by atoms with Crippen LogP contribution < -0.4 is 9.62 Å². The van der Waals surface area contributed by atoms with E-state index in [1.165, 1.54) is 12.1 Å². The maximum atomic E-state index is 14.4. The third-order valence-electron chi connectivity index (χ3n) is 4.09. The Labute approximate surface area is 163 Å². The lowest BCUT2D eigenvalue weighted by Crippen LogP contribution is -2.23. The van der Waals surface area contributed by atoms with Crippen molar-refractivity contribution in [1.29, 1.82) is 0 Å². The minimum absolute atomic E-state index is 0.147. The first kappa shape index (κ1) is 19.6. The van der Waals surface area contributed by atoms with E-state index in [9.17, 15) is 17.6 Å². The number of carbonyl (C=O) groups is 1. The Bertz CT molecular complexity index is 1070. The fourth-order valence-corrected chi connectivity index (χ4v) is 3.32.